The van der Waals surface area contributed by atoms with Gasteiger partial charge in [0.1, 0.15) is 4.90 Å². The highest BCUT2D eigenvalue weighted by Crippen LogP contribution is 2.28. The average Bonchev–Trinajstić information content (AvgIpc) is 2.61. The molecule has 0 fully saturated rings. The molecule has 0 aliphatic heterocycles. The van der Waals surface area contributed by atoms with Gasteiger partial charge in [-0.15, -0.1) is 0 Å². The third-order valence-electron chi connectivity index (χ3n) is 3.87. The predicted octanol–water partition coefficient (Wildman–Crippen LogP) is 3.68. The van der Waals surface area contributed by atoms with Crippen molar-refractivity contribution in [2.75, 3.05) is 13.1 Å². The first kappa shape index (κ1) is 19.7. The second-order valence-electron chi connectivity index (χ2n) is 5.67. The van der Waals surface area contributed by atoms with Crippen molar-refractivity contribution in [3.8, 4) is 0 Å². The zero-order chi connectivity index (χ0) is 19.3. The maximum absolute atomic E-state index is 12.9. The Morgan fingerprint density at radius 1 is 1.15 bits per heavy atom. The highest BCUT2D eigenvalue weighted by molar-refractivity contribution is 7.89. The van der Waals surface area contributed by atoms with Crippen molar-refractivity contribution in [2.24, 2.45) is 4.99 Å². The zero-order valence-corrected chi connectivity index (χ0v) is 15.7. The molecule has 0 aliphatic rings. The monoisotopic (exact) mass is 375 g/mol. The number of nitro benzene ring substituents is 1. The first-order valence-electron chi connectivity index (χ1n) is 8.19. The van der Waals surface area contributed by atoms with Crippen LogP contribution in [-0.4, -0.2) is 37.0 Å². The molecule has 0 aromatic heterocycles. The highest BCUT2D eigenvalue weighted by Gasteiger charge is 2.24. The number of hydrogen-bond donors (Lipinski definition) is 0. The molecule has 2 aromatic rings. The molecule has 8 heteroatoms. The lowest BCUT2D eigenvalue weighted by atomic mass is 10.2. The lowest BCUT2D eigenvalue weighted by molar-refractivity contribution is -0.384. The summed E-state index contributed by atoms with van der Waals surface area (Å²) in [4.78, 5) is 14.8. The molecule has 0 amide bonds. The van der Waals surface area contributed by atoms with Gasteiger partial charge in [0.2, 0.25) is 10.0 Å². The number of aliphatic imine (C=N–C) groups is 1. The molecule has 0 bridgehead atoms. The van der Waals surface area contributed by atoms with Crippen molar-refractivity contribution in [3.63, 3.8) is 0 Å². The van der Waals surface area contributed by atoms with Gasteiger partial charge < -0.3 is 0 Å². The number of sulfonamides is 1. The number of nitro groups is 1. The molecule has 26 heavy (non-hydrogen) atoms. The fraction of sp³-hybridized carbons (Fsp3) is 0.278. The minimum absolute atomic E-state index is 0.0474. The van der Waals surface area contributed by atoms with Gasteiger partial charge in [-0.25, -0.2) is 8.42 Å². The summed E-state index contributed by atoms with van der Waals surface area (Å²) in [5.41, 5.74) is 1.58. The van der Waals surface area contributed by atoms with Crippen LogP contribution in [-0.2, 0) is 10.0 Å². The summed E-state index contributed by atoms with van der Waals surface area (Å²) in [6.07, 6.45) is 1.43. The Kier molecular flexibility index (Phi) is 6.23. The van der Waals surface area contributed by atoms with Crippen LogP contribution in [0.3, 0.4) is 0 Å². The van der Waals surface area contributed by atoms with Gasteiger partial charge in [0.25, 0.3) is 5.69 Å². The number of nitrogens with zero attached hydrogens (tertiary/aromatic N) is 3. The smallest absolute Gasteiger partial charge is 0.258 e. The Labute approximate surface area is 153 Å². The second-order valence-corrected chi connectivity index (χ2v) is 7.58. The topological polar surface area (TPSA) is 92.9 Å². The first-order valence-corrected chi connectivity index (χ1v) is 9.63. The van der Waals surface area contributed by atoms with Crippen LogP contribution in [0.2, 0.25) is 0 Å². The maximum atomic E-state index is 12.9. The third-order valence-corrected chi connectivity index (χ3v) is 5.95. The van der Waals surface area contributed by atoms with Crippen LogP contribution in [0.5, 0.6) is 0 Å². The molecular weight excluding hydrogens is 354 g/mol. The van der Waals surface area contributed by atoms with E-state index in [1.807, 2.05) is 6.92 Å². The van der Waals surface area contributed by atoms with Crippen molar-refractivity contribution < 1.29 is 13.3 Å². The van der Waals surface area contributed by atoms with Crippen molar-refractivity contribution in [1.29, 1.82) is 0 Å². The van der Waals surface area contributed by atoms with Gasteiger partial charge in [-0.3, -0.25) is 15.1 Å². The Morgan fingerprint density at radius 2 is 1.85 bits per heavy atom. The lowest BCUT2D eigenvalue weighted by Gasteiger charge is -2.19. The van der Waals surface area contributed by atoms with Crippen LogP contribution in [0.15, 0.2) is 52.4 Å². The fourth-order valence-corrected chi connectivity index (χ4v) is 4.18. The third kappa shape index (κ3) is 4.33. The summed E-state index contributed by atoms with van der Waals surface area (Å²) >= 11 is 0. The van der Waals surface area contributed by atoms with Gasteiger partial charge in [-0.1, -0.05) is 32.0 Å². The van der Waals surface area contributed by atoms with Gasteiger partial charge in [0.15, 0.2) is 0 Å². The molecule has 0 radical (unpaired) electrons. The summed E-state index contributed by atoms with van der Waals surface area (Å²) < 4.78 is 27.1. The van der Waals surface area contributed by atoms with Gasteiger partial charge in [0, 0.05) is 31.4 Å². The normalized spacial score (nSPS) is 12.0. The van der Waals surface area contributed by atoms with Crippen LogP contribution in [0.1, 0.15) is 25.0 Å². The van der Waals surface area contributed by atoms with E-state index in [-0.39, 0.29) is 10.6 Å². The van der Waals surface area contributed by atoms with E-state index in [1.54, 1.807) is 44.2 Å². The van der Waals surface area contributed by atoms with Crippen LogP contribution in [0.25, 0.3) is 0 Å². The minimum atomic E-state index is -3.67. The van der Waals surface area contributed by atoms with Crippen molar-refractivity contribution in [1.82, 2.24) is 4.31 Å². The van der Waals surface area contributed by atoms with E-state index in [2.05, 4.69) is 4.99 Å². The first-order chi connectivity index (χ1) is 12.3. The number of rotatable bonds is 7. The Bertz CT molecular complexity index is 935. The zero-order valence-electron chi connectivity index (χ0n) is 14.9. The molecule has 7 nitrogen and oxygen atoms in total. The number of hydrogen-bond acceptors (Lipinski definition) is 5. The molecule has 0 spiro atoms. The summed E-state index contributed by atoms with van der Waals surface area (Å²) in [6.45, 7) is 6.10. The van der Waals surface area contributed by atoms with Crippen LogP contribution in [0.4, 0.5) is 11.4 Å². The SMILES string of the molecule is CCN(CC)S(=O)(=O)c1cc(C)ccc1N=Cc1cccc([N+](=O)[O-])c1. The molecule has 138 valence electrons. The van der Waals surface area contributed by atoms with Gasteiger partial charge in [-0.2, -0.15) is 4.31 Å². The Balaban J connectivity index is 2.48. The molecule has 0 aliphatic carbocycles. The fourth-order valence-electron chi connectivity index (χ4n) is 2.50. The molecular formula is C18H21N3O4S. The maximum Gasteiger partial charge on any atom is 0.270 e. The molecule has 2 rings (SSSR count). The molecule has 0 saturated heterocycles. The summed E-state index contributed by atoms with van der Waals surface area (Å²) in [7, 11) is -3.67. The second kappa shape index (κ2) is 8.20. The molecule has 0 unspecified atom stereocenters. The van der Waals surface area contributed by atoms with Crippen molar-refractivity contribution >= 4 is 27.6 Å². The highest BCUT2D eigenvalue weighted by atomic mass is 32.2. The number of aryl methyl sites for hydroxylation is 1. The van der Waals surface area contributed by atoms with E-state index in [1.165, 1.54) is 22.7 Å². The summed E-state index contributed by atoms with van der Waals surface area (Å²) in [6, 6.07) is 11.0. The molecule has 0 N–H and O–H groups in total. The Morgan fingerprint density at radius 3 is 2.46 bits per heavy atom. The molecule has 0 atom stereocenters. The van der Waals surface area contributed by atoms with Crippen LogP contribution in [0, 0.1) is 17.0 Å². The predicted molar refractivity (Wildman–Crippen MR) is 102 cm³/mol. The quantitative estimate of drug-likeness (QED) is 0.419. The molecule has 2 aromatic carbocycles. The summed E-state index contributed by atoms with van der Waals surface area (Å²) in [5, 5.41) is 10.9. The average molecular weight is 375 g/mol. The van der Waals surface area contributed by atoms with E-state index >= 15 is 0 Å². The minimum Gasteiger partial charge on any atom is -0.258 e. The van der Waals surface area contributed by atoms with Gasteiger partial charge >= 0.3 is 0 Å². The standard InChI is InChI=1S/C18H21N3O4S/c1-4-20(5-2)26(24,25)18-11-14(3)9-10-17(18)19-13-15-7-6-8-16(12-15)21(22)23/h6-13H,4-5H2,1-3H3. The van der Waals surface area contributed by atoms with E-state index in [0.29, 0.717) is 24.3 Å². The van der Waals surface area contributed by atoms with Gasteiger partial charge in [-0.05, 0) is 30.2 Å². The van der Waals surface area contributed by atoms with E-state index < -0.39 is 14.9 Å². The van der Waals surface area contributed by atoms with Crippen molar-refractivity contribution in [2.45, 2.75) is 25.7 Å². The van der Waals surface area contributed by atoms with E-state index in [9.17, 15) is 18.5 Å². The van der Waals surface area contributed by atoms with Gasteiger partial charge in [0.05, 0.1) is 10.6 Å². The molecule has 0 heterocycles. The van der Waals surface area contributed by atoms with E-state index in [0.717, 1.165) is 5.56 Å². The van der Waals surface area contributed by atoms with E-state index in [4.69, 9.17) is 0 Å². The van der Waals surface area contributed by atoms with Crippen LogP contribution >= 0.6 is 0 Å². The summed E-state index contributed by atoms with van der Waals surface area (Å²) in [5.74, 6) is 0. The van der Waals surface area contributed by atoms with Crippen LogP contribution < -0.4 is 0 Å². The number of non-ortho nitro benzene ring substituents is 1. The van der Waals surface area contributed by atoms with Crippen molar-refractivity contribution in [3.05, 3.63) is 63.7 Å². The molecule has 0 saturated carbocycles. The lowest BCUT2D eigenvalue weighted by Crippen LogP contribution is -2.30. The number of benzene rings is 2. The largest absolute Gasteiger partial charge is 0.270 e. The Hall–Kier alpha value is -2.58.